The minimum Gasteiger partial charge on any atom is -0.368 e. The fourth-order valence-corrected chi connectivity index (χ4v) is 3.01. The SMILES string of the molecule is c1sc(C2CNCCO2)nc1C1CCC1. The first kappa shape index (κ1) is 9.75. The van der Waals surface area contributed by atoms with Gasteiger partial charge in [-0.3, -0.25) is 0 Å². The Labute approximate surface area is 93.9 Å². The molecular formula is C11H16N2OS. The van der Waals surface area contributed by atoms with Crippen LogP contribution in [0.3, 0.4) is 0 Å². The molecule has 0 bridgehead atoms. The van der Waals surface area contributed by atoms with Gasteiger partial charge >= 0.3 is 0 Å². The molecule has 2 aliphatic rings. The number of nitrogens with zero attached hydrogens (tertiary/aromatic N) is 1. The van der Waals surface area contributed by atoms with Crippen molar-refractivity contribution >= 4 is 11.3 Å². The minimum absolute atomic E-state index is 0.192. The Morgan fingerprint density at radius 2 is 2.40 bits per heavy atom. The summed E-state index contributed by atoms with van der Waals surface area (Å²) in [6.07, 6.45) is 4.22. The smallest absolute Gasteiger partial charge is 0.123 e. The Hall–Kier alpha value is -0.450. The lowest BCUT2D eigenvalue weighted by atomic mass is 9.83. The van der Waals surface area contributed by atoms with Gasteiger partial charge in [0.05, 0.1) is 12.3 Å². The largest absolute Gasteiger partial charge is 0.368 e. The molecule has 15 heavy (non-hydrogen) atoms. The highest BCUT2D eigenvalue weighted by Gasteiger charge is 2.24. The summed E-state index contributed by atoms with van der Waals surface area (Å²) in [6, 6.07) is 0. The van der Waals surface area contributed by atoms with Crippen molar-refractivity contribution in [3.05, 3.63) is 16.1 Å². The maximum Gasteiger partial charge on any atom is 0.123 e. The van der Waals surface area contributed by atoms with E-state index in [1.807, 2.05) is 0 Å². The van der Waals surface area contributed by atoms with Crippen molar-refractivity contribution in [2.45, 2.75) is 31.3 Å². The molecule has 4 heteroatoms. The quantitative estimate of drug-likeness (QED) is 0.835. The summed E-state index contributed by atoms with van der Waals surface area (Å²) in [5, 5.41) is 6.72. The highest BCUT2D eigenvalue weighted by atomic mass is 32.1. The molecule has 1 aliphatic carbocycles. The zero-order valence-electron chi connectivity index (χ0n) is 8.74. The first-order chi connectivity index (χ1) is 7.43. The highest BCUT2D eigenvalue weighted by Crippen LogP contribution is 2.37. The van der Waals surface area contributed by atoms with Crippen LogP contribution < -0.4 is 5.32 Å². The second-order valence-corrected chi connectivity index (χ2v) is 5.19. The van der Waals surface area contributed by atoms with E-state index in [0.29, 0.717) is 0 Å². The highest BCUT2D eigenvalue weighted by molar-refractivity contribution is 7.09. The van der Waals surface area contributed by atoms with E-state index in [9.17, 15) is 0 Å². The normalized spacial score (nSPS) is 27.6. The maximum absolute atomic E-state index is 5.69. The Morgan fingerprint density at radius 1 is 1.47 bits per heavy atom. The number of nitrogens with one attached hydrogen (secondary N) is 1. The van der Waals surface area contributed by atoms with Crippen LogP contribution in [0.25, 0.3) is 0 Å². The molecule has 1 N–H and O–H groups in total. The molecule has 0 aromatic carbocycles. The molecule has 3 rings (SSSR count). The monoisotopic (exact) mass is 224 g/mol. The number of aromatic nitrogens is 1. The van der Waals surface area contributed by atoms with Gasteiger partial charge in [-0.15, -0.1) is 11.3 Å². The summed E-state index contributed by atoms with van der Waals surface area (Å²) < 4.78 is 5.69. The van der Waals surface area contributed by atoms with Crippen LogP contribution in [-0.4, -0.2) is 24.7 Å². The van der Waals surface area contributed by atoms with Crippen LogP contribution >= 0.6 is 11.3 Å². The summed E-state index contributed by atoms with van der Waals surface area (Å²) in [4.78, 5) is 4.71. The lowest BCUT2D eigenvalue weighted by Crippen LogP contribution is -2.33. The number of rotatable bonds is 2. The third-order valence-electron chi connectivity index (χ3n) is 3.27. The van der Waals surface area contributed by atoms with Gasteiger partial charge in [0.1, 0.15) is 11.1 Å². The molecule has 1 aliphatic heterocycles. The topological polar surface area (TPSA) is 34.1 Å². The van der Waals surface area contributed by atoms with E-state index in [-0.39, 0.29) is 6.10 Å². The van der Waals surface area contributed by atoms with Gasteiger partial charge in [0.15, 0.2) is 0 Å². The van der Waals surface area contributed by atoms with Gasteiger partial charge in [-0.1, -0.05) is 6.42 Å². The molecule has 2 heterocycles. The van der Waals surface area contributed by atoms with E-state index < -0.39 is 0 Å². The maximum atomic E-state index is 5.69. The van der Waals surface area contributed by atoms with Gasteiger partial charge in [0.2, 0.25) is 0 Å². The third kappa shape index (κ3) is 1.94. The molecule has 1 aromatic heterocycles. The molecule has 1 unspecified atom stereocenters. The molecule has 2 fully saturated rings. The van der Waals surface area contributed by atoms with Crippen LogP contribution in [0.2, 0.25) is 0 Å². The van der Waals surface area contributed by atoms with Gasteiger partial charge in [0.25, 0.3) is 0 Å². The number of hydrogen-bond acceptors (Lipinski definition) is 4. The Morgan fingerprint density at radius 3 is 3.07 bits per heavy atom. The van der Waals surface area contributed by atoms with Gasteiger partial charge < -0.3 is 10.1 Å². The molecule has 1 aromatic rings. The summed E-state index contributed by atoms with van der Waals surface area (Å²) >= 11 is 1.76. The second-order valence-electron chi connectivity index (χ2n) is 4.30. The summed E-state index contributed by atoms with van der Waals surface area (Å²) in [5.74, 6) is 0.742. The molecule has 1 saturated heterocycles. The van der Waals surface area contributed by atoms with E-state index in [1.165, 1.54) is 25.0 Å². The molecule has 3 nitrogen and oxygen atoms in total. The Kier molecular flexibility index (Phi) is 2.73. The number of hydrogen-bond donors (Lipinski definition) is 1. The van der Waals surface area contributed by atoms with Crippen LogP contribution in [-0.2, 0) is 4.74 Å². The van der Waals surface area contributed by atoms with Crippen LogP contribution in [0.1, 0.15) is 42.0 Å². The average Bonchev–Trinajstić information content (AvgIpc) is 2.66. The molecule has 82 valence electrons. The summed E-state index contributed by atoms with van der Waals surface area (Å²) in [6.45, 7) is 2.69. The number of morpholine rings is 1. The predicted octanol–water partition coefficient (Wildman–Crippen LogP) is 2.07. The summed E-state index contributed by atoms with van der Waals surface area (Å²) in [5.41, 5.74) is 1.30. The van der Waals surface area contributed by atoms with Crippen molar-refractivity contribution in [1.82, 2.24) is 10.3 Å². The van der Waals surface area contributed by atoms with E-state index >= 15 is 0 Å². The summed E-state index contributed by atoms with van der Waals surface area (Å²) in [7, 11) is 0. The average molecular weight is 224 g/mol. The van der Waals surface area contributed by atoms with Crippen molar-refractivity contribution < 1.29 is 4.74 Å². The van der Waals surface area contributed by atoms with Crippen molar-refractivity contribution in [3.8, 4) is 0 Å². The minimum atomic E-state index is 0.192. The van der Waals surface area contributed by atoms with Crippen molar-refractivity contribution in [2.75, 3.05) is 19.7 Å². The van der Waals surface area contributed by atoms with Gasteiger partial charge in [-0.2, -0.15) is 0 Å². The molecule has 1 atom stereocenters. The van der Waals surface area contributed by atoms with Gasteiger partial charge in [0, 0.05) is 24.4 Å². The van der Waals surface area contributed by atoms with Crippen LogP contribution in [0.5, 0.6) is 0 Å². The van der Waals surface area contributed by atoms with E-state index in [1.54, 1.807) is 11.3 Å². The van der Waals surface area contributed by atoms with E-state index in [2.05, 4.69) is 10.7 Å². The standard InChI is InChI=1S/C11H16N2OS/c1-2-8(3-1)9-7-15-11(13-9)10-6-12-4-5-14-10/h7-8,10,12H,1-6H2. The fraction of sp³-hybridized carbons (Fsp3) is 0.727. The molecule has 0 spiro atoms. The molecule has 0 radical (unpaired) electrons. The van der Waals surface area contributed by atoms with Crippen molar-refractivity contribution in [1.29, 1.82) is 0 Å². The molecular weight excluding hydrogens is 208 g/mol. The number of ether oxygens (including phenoxy) is 1. The number of thiazole rings is 1. The predicted molar refractivity (Wildman–Crippen MR) is 60.3 cm³/mol. The third-order valence-corrected chi connectivity index (χ3v) is 4.22. The van der Waals surface area contributed by atoms with Crippen LogP contribution in [0.4, 0.5) is 0 Å². The van der Waals surface area contributed by atoms with Crippen LogP contribution in [0.15, 0.2) is 5.38 Å². The molecule has 1 saturated carbocycles. The lowest BCUT2D eigenvalue weighted by molar-refractivity contribution is 0.0274. The van der Waals surface area contributed by atoms with Crippen LogP contribution in [0, 0.1) is 0 Å². The Bertz CT molecular complexity index is 329. The lowest BCUT2D eigenvalue weighted by Gasteiger charge is -2.24. The Balaban J connectivity index is 1.71. The van der Waals surface area contributed by atoms with E-state index in [0.717, 1.165) is 30.6 Å². The zero-order valence-corrected chi connectivity index (χ0v) is 9.55. The first-order valence-electron chi connectivity index (χ1n) is 5.71. The van der Waals surface area contributed by atoms with Crippen molar-refractivity contribution in [3.63, 3.8) is 0 Å². The fourth-order valence-electron chi connectivity index (χ4n) is 2.06. The second kappa shape index (κ2) is 4.20. The van der Waals surface area contributed by atoms with Gasteiger partial charge in [-0.05, 0) is 12.8 Å². The zero-order chi connectivity index (χ0) is 10.1. The first-order valence-corrected chi connectivity index (χ1v) is 6.59. The van der Waals surface area contributed by atoms with Crippen molar-refractivity contribution in [2.24, 2.45) is 0 Å². The van der Waals surface area contributed by atoms with Gasteiger partial charge in [-0.25, -0.2) is 4.98 Å². The molecule has 0 amide bonds. The van der Waals surface area contributed by atoms with E-state index in [4.69, 9.17) is 9.72 Å².